The highest BCUT2D eigenvalue weighted by Gasteiger charge is 2.28. The van der Waals surface area contributed by atoms with Gasteiger partial charge in [-0.3, -0.25) is 9.59 Å². The summed E-state index contributed by atoms with van der Waals surface area (Å²) in [5.74, 6) is -1.13. The van der Waals surface area contributed by atoms with Gasteiger partial charge in [0.1, 0.15) is 5.69 Å². The van der Waals surface area contributed by atoms with E-state index in [0.29, 0.717) is 13.0 Å². The number of methoxy groups -OCH3 is 1. The lowest BCUT2D eigenvalue weighted by Crippen LogP contribution is -2.39. The number of H-pyrrole nitrogens is 1. The number of esters is 1. The Bertz CT molecular complexity index is 875. The molecule has 1 amide bonds. The van der Waals surface area contributed by atoms with Gasteiger partial charge in [0.25, 0.3) is 5.56 Å². The molecule has 0 radical (unpaired) electrons. The zero-order valence-corrected chi connectivity index (χ0v) is 14.0. The summed E-state index contributed by atoms with van der Waals surface area (Å²) in [5, 5.41) is 2.63. The van der Waals surface area contributed by atoms with E-state index in [1.807, 2.05) is 36.2 Å². The minimum atomic E-state index is -0.585. The van der Waals surface area contributed by atoms with Crippen LogP contribution >= 0.6 is 0 Å². The molecule has 1 aromatic heterocycles. The quantitative estimate of drug-likeness (QED) is 0.824. The van der Waals surface area contributed by atoms with Gasteiger partial charge in [0.05, 0.1) is 18.6 Å². The van der Waals surface area contributed by atoms with Crippen molar-refractivity contribution < 1.29 is 14.3 Å². The Kier molecular flexibility index (Phi) is 4.56. The molecular formula is C18H19N3O4. The second kappa shape index (κ2) is 6.80. The topological polar surface area (TPSA) is 91.5 Å². The van der Waals surface area contributed by atoms with Crippen LogP contribution in [0.1, 0.15) is 15.9 Å². The van der Waals surface area contributed by atoms with Crippen LogP contribution in [0.4, 0.5) is 11.4 Å². The number of aromatic amines is 1. The fourth-order valence-electron chi connectivity index (χ4n) is 3.04. The molecule has 7 nitrogen and oxygen atoms in total. The molecule has 130 valence electrons. The molecule has 0 unspecified atom stereocenters. The Morgan fingerprint density at radius 2 is 2.08 bits per heavy atom. The fourth-order valence-corrected chi connectivity index (χ4v) is 3.04. The van der Waals surface area contributed by atoms with Gasteiger partial charge < -0.3 is 19.9 Å². The molecule has 7 heteroatoms. The zero-order chi connectivity index (χ0) is 18.0. The van der Waals surface area contributed by atoms with Gasteiger partial charge in [-0.1, -0.05) is 18.2 Å². The lowest BCUT2D eigenvalue weighted by Gasteiger charge is -2.32. The van der Waals surface area contributed by atoms with Crippen molar-refractivity contribution in [2.24, 2.45) is 5.92 Å². The van der Waals surface area contributed by atoms with Crippen LogP contribution in [0.2, 0.25) is 0 Å². The van der Waals surface area contributed by atoms with Gasteiger partial charge in [0.2, 0.25) is 5.91 Å². The normalized spacial score (nSPS) is 16.1. The molecule has 0 spiro atoms. The minimum absolute atomic E-state index is 0.0365. The van der Waals surface area contributed by atoms with Crippen molar-refractivity contribution in [1.82, 2.24) is 4.98 Å². The number of ether oxygens (including phenoxy) is 1. The number of amides is 1. The van der Waals surface area contributed by atoms with Crippen LogP contribution in [0.25, 0.3) is 0 Å². The lowest BCUT2D eigenvalue weighted by atomic mass is 9.92. The number of hydrogen-bond donors (Lipinski definition) is 2. The predicted octanol–water partition coefficient (Wildman–Crippen LogP) is 1.41. The van der Waals surface area contributed by atoms with Crippen molar-refractivity contribution >= 4 is 23.3 Å². The number of fused-ring (bicyclic) bond motifs is 1. The molecule has 1 aromatic carbocycles. The molecule has 1 atom stereocenters. The number of rotatable bonds is 3. The molecule has 0 saturated heterocycles. The number of anilines is 2. The molecule has 1 aliphatic rings. The molecule has 0 saturated carbocycles. The van der Waals surface area contributed by atoms with E-state index in [-0.39, 0.29) is 23.1 Å². The van der Waals surface area contributed by atoms with E-state index in [2.05, 4.69) is 15.0 Å². The van der Waals surface area contributed by atoms with Crippen molar-refractivity contribution in [3.05, 3.63) is 58.0 Å². The summed E-state index contributed by atoms with van der Waals surface area (Å²) in [4.78, 5) is 40.6. The van der Waals surface area contributed by atoms with Crippen molar-refractivity contribution in [3.8, 4) is 0 Å². The number of nitrogens with one attached hydrogen (secondary N) is 2. The Labute approximate surface area is 144 Å². The number of pyridine rings is 1. The van der Waals surface area contributed by atoms with Crippen LogP contribution in [-0.2, 0) is 16.0 Å². The smallest absolute Gasteiger partial charge is 0.339 e. The molecule has 2 N–H and O–H groups in total. The first-order valence-corrected chi connectivity index (χ1v) is 7.90. The molecule has 3 rings (SSSR count). The third-order valence-corrected chi connectivity index (χ3v) is 4.32. The fraction of sp³-hybridized carbons (Fsp3) is 0.278. The largest absolute Gasteiger partial charge is 0.465 e. The van der Waals surface area contributed by atoms with E-state index in [4.69, 9.17) is 0 Å². The minimum Gasteiger partial charge on any atom is -0.465 e. The van der Waals surface area contributed by atoms with E-state index < -0.39 is 11.5 Å². The summed E-state index contributed by atoms with van der Waals surface area (Å²) in [6, 6.07) is 9.25. The molecule has 2 aromatic rings. The van der Waals surface area contributed by atoms with Crippen LogP contribution in [0.3, 0.4) is 0 Å². The molecule has 0 fully saturated rings. The molecule has 2 heterocycles. The van der Waals surface area contributed by atoms with Crippen LogP contribution in [0.5, 0.6) is 0 Å². The summed E-state index contributed by atoms with van der Waals surface area (Å²) in [5.41, 5.74) is 1.94. The van der Waals surface area contributed by atoms with E-state index >= 15 is 0 Å². The van der Waals surface area contributed by atoms with Gasteiger partial charge in [0, 0.05) is 25.5 Å². The predicted molar refractivity (Wildman–Crippen MR) is 93.9 cm³/mol. The first kappa shape index (κ1) is 16.8. The maximum atomic E-state index is 12.6. The number of aromatic nitrogens is 1. The second-order valence-electron chi connectivity index (χ2n) is 6.02. The highest BCUT2D eigenvalue weighted by Crippen LogP contribution is 2.28. The van der Waals surface area contributed by atoms with E-state index in [9.17, 15) is 14.4 Å². The van der Waals surface area contributed by atoms with Crippen LogP contribution in [0, 0.1) is 5.92 Å². The van der Waals surface area contributed by atoms with Crippen LogP contribution in [-0.4, -0.2) is 37.6 Å². The summed E-state index contributed by atoms with van der Waals surface area (Å²) in [6.07, 6.45) is 1.86. The average molecular weight is 341 g/mol. The highest BCUT2D eigenvalue weighted by atomic mass is 16.5. The van der Waals surface area contributed by atoms with Crippen molar-refractivity contribution in [2.45, 2.75) is 6.42 Å². The molecular weight excluding hydrogens is 322 g/mol. The maximum Gasteiger partial charge on any atom is 0.339 e. The Morgan fingerprint density at radius 3 is 2.84 bits per heavy atom. The third kappa shape index (κ3) is 3.40. The average Bonchev–Trinajstić information content (AvgIpc) is 2.62. The van der Waals surface area contributed by atoms with Gasteiger partial charge in [-0.15, -0.1) is 0 Å². The number of nitrogens with zero attached hydrogens (tertiary/aromatic N) is 1. The van der Waals surface area contributed by atoms with E-state index in [1.165, 1.54) is 19.4 Å². The Morgan fingerprint density at radius 1 is 1.32 bits per heavy atom. The SMILES string of the molecule is COC(=O)c1c[nH]c(=O)c(NC(=O)[C@H]2Cc3ccccc3N(C)C2)c1. The van der Waals surface area contributed by atoms with Gasteiger partial charge >= 0.3 is 5.97 Å². The number of carbonyl (C=O) groups is 2. The van der Waals surface area contributed by atoms with E-state index in [1.54, 1.807) is 0 Å². The number of carbonyl (C=O) groups excluding carboxylic acids is 2. The monoisotopic (exact) mass is 341 g/mol. The van der Waals surface area contributed by atoms with Crippen LogP contribution in [0.15, 0.2) is 41.3 Å². The number of benzene rings is 1. The summed E-state index contributed by atoms with van der Waals surface area (Å²) >= 11 is 0. The molecule has 0 bridgehead atoms. The van der Waals surface area contributed by atoms with Crippen molar-refractivity contribution in [3.63, 3.8) is 0 Å². The summed E-state index contributed by atoms with van der Waals surface area (Å²) in [6.45, 7) is 0.553. The molecule has 0 aliphatic carbocycles. The zero-order valence-electron chi connectivity index (χ0n) is 14.0. The first-order valence-electron chi connectivity index (χ1n) is 7.90. The Balaban J connectivity index is 1.79. The van der Waals surface area contributed by atoms with E-state index in [0.717, 1.165) is 11.3 Å². The van der Waals surface area contributed by atoms with Gasteiger partial charge in [-0.05, 0) is 24.1 Å². The standard InChI is InChI=1S/C18H19N3O4/c1-21-10-13(7-11-5-3-4-6-15(11)21)16(22)20-14-8-12(18(24)25-2)9-19-17(14)23/h3-6,8-9,13H,7,10H2,1-2H3,(H,19,23)(H,20,22)/t13-/m0/s1. The number of para-hydroxylation sites is 1. The summed E-state index contributed by atoms with van der Waals surface area (Å²) < 4.78 is 4.63. The summed E-state index contributed by atoms with van der Waals surface area (Å²) in [7, 11) is 3.18. The molecule has 25 heavy (non-hydrogen) atoms. The van der Waals surface area contributed by atoms with Crippen molar-refractivity contribution in [2.75, 3.05) is 30.9 Å². The third-order valence-electron chi connectivity index (χ3n) is 4.32. The first-order chi connectivity index (χ1) is 12.0. The van der Waals surface area contributed by atoms with Gasteiger partial charge in [0.15, 0.2) is 0 Å². The molecule has 1 aliphatic heterocycles. The maximum absolute atomic E-state index is 12.6. The Hall–Kier alpha value is -3.09. The van der Waals surface area contributed by atoms with Gasteiger partial charge in [-0.2, -0.15) is 0 Å². The highest BCUT2D eigenvalue weighted by molar-refractivity contribution is 5.95. The number of hydrogen-bond acceptors (Lipinski definition) is 5. The van der Waals surface area contributed by atoms with Crippen LogP contribution < -0.4 is 15.8 Å². The van der Waals surface area contributed by atoms with Crippen molar-refractivity contribution in [1.29, 1.82) is 0 Å². The lowest BCUT2D eigenvalue weighted by molar-refractivity contribution is -0.119. The van der Waals surface area contributed by atoms with Gasteiger partial charge in [-0.25, -0.2) is 4.79 Å². The second-order valence-corrected chi connectivity index (χ2v) is 6.02.